The van der Waals surface area contributed by atoms with Crippen LogP contribution in [0.4, 0.5) is 5.69 Å². The maximum absolute atomic E-state index is 10.6. The highest BCUT2D eigenvalue weighted by atomic mass is 32.1. The van der Waals surface area contributed by atoms with Crippen LogP contribution in [-0.4, -0.2) is 16.6 Å². The summed E-state index contributed by atoms with van der Waals surface area (Å²) in [5, 5.41) is 19.3. The second kappa shape index (κ2) is 4.25. The van der Waals surface area contributed by atoms with Gasteiger partial charge >= 0.3 is 0 Å². The molecular formula is C8H9NO3S. The minimum atomic E-state index is -0.479. The maximum Gasteiger partial charge on any atom is 0.285 e. The Morgan fingerprint density at radius 1 is 1.54 bits per heavy atom. The van der Waals surface area contributed by atoms with Crippen LogP contribution in [-0.2, 0) is 6.42 Å². The molecule has 13 heavy (non-hydrogen) atoms. The second-order valence-electron chi connectivity index (χ2n) is 2.52. The average molecular weight is 199 g/mol. The molecule has 0 saturated heterocycles. The van der Waals surface area contributed by atoms with Gasteiger partial charge in [0.05, 0.1) is 9.82 Å². The van der Waals surface area contributed by atoms with Gasteiger partial charge in [0.15, 0.2) is 0 Å². The SMILES string of the molecule is O=[N+]([O-])c1c(S)cccc1CCO. The molecule has 1 N–H and O–H groups in total. The molecule has 0 aliphatic rings. The van der Waals surface area contributed by atoms with E-state index in [1.165, 1.54) is 0 Å². The number of rotatable bonds is 3. The third-order valence-electron chi connectivity index (χ3n) is 1.66. The van der Waals surface area contributed by atoms with E-state index in [0.717, 1.165) is 0 Å². The molecule has 0 spiro atoms. The smallest absolute Gasteiger partial charge is 0.285 e. The summed E-state index contributed by atoms with van der Waals surface area (Å²) in [6.07, 6.45) is 0.282. The summed E-state index contributed by atoms with van der Waals surface area (Å²) in [5.41, 5.74) is 0.500. The molecule has 0 radical (unpaired) electrons. The number of benzene rings is 1. The number of thiol groups is 1. The van der Waals surface area contributed by atoms with Crippen LogP contribution in [0.25, 0.3) is 0 Å². The first-order valence-corrected chi connectivity index (χ1v) is 4.17. The van der Waals surface area contributed by atoms with E-state index in [2.05, 4.69) is 12.6 Å². The molecular weight excluding hydrogens is 190 g/mol. The molecule has 0 unspecified atom stereocenters. The molecule has 0 amide bonds. The topological polar surface area (TPSA) is 63.4 Å². The molecule has 70 valence electrons. The van der Waals surface area contributed by atoms with Gasteiger partial charge in [-0.1, -0.05) is 12.1 Å². The summed E-state index contributed by atoms with van der Waals surface area (Å²) in [6.45, 7) is -0.0991. The van der Waals surface area contributed by atoms with Crippen LogP contribution in [0.5, 0.6) is 0 Å². The summed E-state index contributed by atoms with van der Waals surface area (Å²) in [4.78, 5) is 10.4. The van der Waals surface area contributed by atoms with Crippen molar-refractivity contribution in [1.82, 2.24) is 0 Å². The quantitative estimate of drug-likeness (QED) is 0.439. The Morgan fingerprint density at radius 3 is 2.77 bits per heavy atom. The van der Waals surface area contributed by atoms with Crippen molar-refractivity contribution in [3.63, 3.8) is 0 Å². The summed E-state index contributed by atoms with van der Waals surface area (Å²) in [6, 6.07) is 4.86. The second-order valence-corrected chi connectivity index (χ2v) is 3.00. The number of hydrogen-bond donors (Lipinski definition) is 2. The van der Waals surface area contributed by atoms with E-state index in [0.29, 0.717) is 10.5 Å². The maximum atomic E-state index is 10.6. The lowest BCUT2D eigenvalue weighted by Gasteiger charge is -2.01. The number of aliphatic hydroxyl groups excluding tert-OH is 1. The molecule has 0 aliphatic heterocycles. The zero-order chi connectivity index (χ0) is 9.84. The van der Waals surface area contributed by atoms with Crippen molar-refractivity contribution in [3.8, 4) is 0 Å². The standard InChI is InChI=1S/C8H9NO3S/c10-5-4-6-2-1-3-7(13)8(6)9(11)12/h1-3,10,13H,4-5H2. The van der Waals surface area contributed by atoms with Crippen LogP contribution in [0.1, 0.15) is 5.56 Å². The third-order valence-corrected chi connectivity index (χ3v) is 2.02. The lowest BCUT2D eigenvalue weighted by molar-refractivity contribution is -0.388. The highest BCUT2D eigenvalue weighted by molar-refractivity contribution is 7.80. The summed E-state index contributed by atoms with van der Waals surface area (Å²) in [7, 11) is 0. The first kappa shape index (κ1) is 10.0. The van der Waals surface area contributed by atoms with Crippen molar-refractivity contribution in [2.75, 3.05) is 6.61 Å². The third kappa shape index (κ3) is 2.19. The monoisotopic (exact) mass is 199 g/mol. The van der Waals surface area contributed by atoms with Crippen molar-refractivity contribution < 1.29 is 10.0 Å². The van der Waals surface area contributed by atoms with Crippen molar-refractivity contribution >= 4 is 18.3 Å². The Labute approximate surface area is 80.8 Å². The molecule has 4 nitrogen and oxygen atoms in total. The van der Waals surface area contributed by atoms with Crippen LogP contribution < -0.4 is 0 Å². The molecule has 1 rings (SSSR count). The van der Waals surface area contributed by atoms with Gasteiger partial charge in [-0.25, -0.2) is 0 Å². The molecule has 1 aromatic carbocycles. The number of aliphatic hydroxyl groups is 1. The lowest BCUT2D eigenvalue weighted by atomic mass is 10.1. The Kier molecular flexibility index (Phi) is 3.27. The van der Waals surface area contributed by atoms with E-state index >= 15 is 0 Å². The van der Waals surface area contributed by atoms with Crippen molar-refractivity contribution in [2.45, 2.75) is 11.3 Å². The van der Waals surface area contributed by atoms with E-state index in [-0.39, 0.29) is 18.7 Å². The van der Waals surface area contributed by atoms with Crippen LogP contribution in [0.2, 0.25) is 0 Å². The predicted molar refractivity (Wildman–Crippen MR) is 51.1 cm³/mol. The van der Waals surface area contributed by atoms with Crippen LogP contribution in [0.3, 0.4) is 0 Å². The summed E-state index contributed by atoms with van der Waals surface area (Å²) in [5.74, 6) is 0. The van der Waals surface area contributed by atoms with Gasteiger partial charge in [0.25, 0.3) is 5.69 Å². The molecule has 5 heteroatoms. The Bertz CT molecular complexity index is 327. The first-order chi connectivity index (χ1) is 6.16. The lowest BCUT2D eigenvalue weighted by Crippen LogP contribution is -1.99. The zero-order valence-electron chi connectivity index (χ0n) is 6.80. The number of nitrogens with zero attached hydrogens (tertiary/aromatic N) is 1. The van der Waals surface area contributed by atoms with E-state index in [1.54, 1.807) is 18.2 Å². The average Bonchev–Trinajstić information content (AvgIpc) is 2.04. The Morgan fingerprint density at radius 2 is 2.23 bits per heavy atom. The van der Waals surface area contributed by atoms with Crippen LogP contribution in [0.15, 0.2) is 23.1 Å². The fourth-order valence-electron chi connectivity index (χ4n) is 1.11. The van der Waals surface area contributed by atoms with E-state index < -0.39 is 4.92 Å². The number of nitro benzene ring substituents is 1. The minimum Gasteiger partial charge on any atom is -0.396 e. The van der Waals surface area contributed by atoms with Crippen LogP contribution in [0, 0.1) is 10.1 Å². The normalized spacial score (nSPS) is 10.0. The van der Waals surface area contributed by atoms with E-state index in [4.69, 9.17) is 5.11 Å². The largest absolute Gasteiger partial charge is 0.396 e. The first-order valence-electron chi connectivity index (χ1n) is 3.73. The summed E-state index contributed by atoms with van der Waals surface area (Å²) < 4.78 is 0. The molecule has 0 heterocycles. The van der Waals surface area contributed by atoms with E-state index in [9.17, 15) is 10.1 Å². The Balaban J connectivity index is 3.17. The highest BCUT2D eigenvalue weighted by Crippen LogP contribution is 2.26. The van der Waals surface area contributed by atoms with Gasteiger partial charge in [-0.2, -0.15) is 0 Å². The van der Waals surface area contributed by atoms with Gasteiger partial charge in [0.2, 0.25) is 0 Å². The number of hydrogen-bond acceptors (Lipinski definition) is 4. The van der Waals surface area contributed by atoms with Crippen LogP contribution >= 0.6 is 12.6 Å². The van der Waals surface area contributed by atoms with Gasteiger partial charge in [0, 0.05) is 18.6 Å². The number of para-hydroxylation sites is 1. The van der Waals surface area contributed by atoms with Gasteiger partial charge in [-0.05, 0) is 6.07 Å². The fraction of sp³-hybridized carbons (Fsp3) is 0.250. The molecule has 1 aromatic rings. The zero-order valence-corrected chi connectivity index (χ0v) is 7.70. The summed E-state index contributed by atoms with van der Waals surface area (Å²) >= 11 is 3.98. The molecule has 0 saturated carbocycles. The minimum absolute atomic E-state index is 0.0140. The van der Waals surface area contributed by atoms with Gasteiger partial charge in [-0.15, -0.1) is 12.6 Å². The van der Waals surface area contributed by atoms with Gasteiger partial charge < -0.3 is 5.11 Å². The van der Waals surface area contributed by atoms with Crippen molar-refractivity contribution in [1.29, 1.82) is 0 Å². The fourth-order valence-corrected chi connectivity index (χ4v) is 1.42. The van der Waals surface area contributed by atoms with Gasteiger partial charge in [-0.3, -0.25) is 10.1 Å². The van der Waals surface area contributed by atoms with Crippen molar-refractivity contribution in [3.05, 3.63) is 33.9 Å². The molecule has 0 atom stereocenters. The molecule has 0 fully saturated rings. The van der Waals surface area contributed by atoms with Gasteiger partial charge in [0.1, 0.15) is 0 Å². The number of nitro groups is 1. The molecule has 0 aromatic heterocycles. The highest BCUT2D eigenvalue weighted by Gasteiger charge is 2.16. The molecule has 0 aliphatic carbocycles. The molecule has 0 bridgehead atoms. The van der Waals surface area contributed by atoms with Crippen molar-refractivity contribution in [2.24, 2.45) is 0 Å². The predicted octanol–water partition coefficient (Wildman–Crippen LogP) is 1.42. The van der Waals surface area contributed by atoms with E-state index in [1.807, 2.05) is 0 Å². The Hall–Kier alpha value is -1.07.